The number of thiocarbonyl (C=S) groups is 1. The standard InChI is InChI=1S/C17H15N3O3S2/c21-15(19-18-12-5-2-1-3-6-12)8-9-20-16(22)14(25-17(20)24)11-13-7-4-10-23-13/h1-7,10-11,18H,8-9H2,(H,19,21). The molecule has 0 spiro atoms. The second kappa shape index (κ2) is 8.00. The summed E-state index contributed by atoms with van der Waals surface area (Å²) in [5.41, 5.74) is 6.19. The summed E-state index contributed by atoms with van der Waals surface area (Å²) < 4.78 is 5.65. The van der Waals surface area contributed by atoms with Crippen molar-refractivity contribution in [3.63, 3.8) is 0 Å². The fourth-order valence-electron chi connectivity index (χ4n) is 2.13. The maximum Gasteiger partial charge on any atom is 0.266 e. The highest BCUT2D eigenvalue weighted by Gasteiger charge is 2.32. The van der Waals surface area contributed by atoms with Crippen LogP contribution < -0.4 is 10.9 Å². The Kier molecular flexibility index (Phi) is 5.52. The van der Waals surface area contributed by atoms with E-state index in [9.17, 15) is 9.59 Å². The lowest BCUT2D eigenvalue weighted by atomic mass is 10.3. The molecule has 2 N–H and O–H groups in total. The minimum absolute atomic E-state index is 0.139. The lowest BCUT2D eigenvalue weighted by Crippen LogP contribution is -2.35. The predicted molar refractivity (Wildman–Crippen MR) is 101 cm³/mol. The SMILES string of the molecule is O=C(CCN1C(=O)C(=Cc2ccco2)SC1=S)NNc1ccccc1. The Bertz CT molecular complexity index is 804. The van der Waals surface area contributed by atoms with Gasteiger partial charge in [-0.2, -0.15) is 0 Å². The second-order valence-electron chi connectivity index (χ2n) is 5.14. The number of carbonyl (C=O) groups excluding carboxylic acids is 2. The molecule has 2 heterocycles. The van der Waals surface area contributed by atoms with Gasteiger partial charge in [-0.15, -0.1) is 0 Å². The number of nitrogens with zero attached hydrogens (tertiary/aromatic N) is 1. The zero-order chi connectivity index (χ0) is 17.6. The van der Waals surface area contributed by atoms with E-state index in [1.165, 1.54) is 22.9 Å². The number of benzene rings is 1. The van der Waals surface area contributed by atoms with E-state index < -0.39 is 0 Å². The molecule has 1 saturated heterocycles. The molecule has 0 radical (unpaired) electrons. The molecule has 2 aromatic rings. The molecule has 1 aliphatic rings. The quantitative estimate of drug-likeness (QED) is 0.461. The molecule has 1 fully saturated rings. The van der Waals surface area contributed by atoms with Gasteiger partial charge in [0.1, 0.15) is 10.1 Å². The zero-order valence-corrected chi connectivity index (χ0v) is 14.7. The largest absolute Gasteiger partial charge is 0.465 e. The Morgan fingerprint density at radius 3 is 2.76 bits per heavy atom. The summed E-state index contributed by atoms with van der Waals surface area (Å²) >= 11 is 6.44. The average molecular weight is 373 g/mol. The summed E-state index contributed by atoms with van der Waals surface area (Å²) in [5, 5.41) is 0. The first-order chi connectivity index (χ1) is 12.1. The molecule has 0 saturated carbocycles. The number of amides is 2. The summed E-state index contributed by atoms with van der Waals surface area (Å²) in [5.74, 6) is 0.147. The molecule has 0 atom stereocenters. The normalized spacial score (nSPS) is 15.7. The van der Waals surface area contributed by atoms with Crippen LogP contribution in [-0.2, 0) is 9.59 Å². The summed E-state index contributed by atoms with van der Waals surface area (Å²) in [6, 6.07) is 12.8. The highest BCUT2D eigenvalue weighted by molar-refractivity contribution is 8.26. The molecule has 0 unspecified atom stereocenters. The summed E-state index contributed by atoms with van der Waals surface area (Å²) in [6.45, 7) is 0.225. The van der Waals surface area contributed by atoms with Crippen molar-refractivity contribution >= 4 is 51.9 Å². The van der Waals surface area contributed by atoms with Crippen molar-refractivity contribution < 1.29 is 14.0 Å². The first-order valence-electron chi connectivity index (χ1n) is 7.52. The molecule has 2 amide bonds. The van der Waals surface area contributed by atoms with Gasteiger partial charge >= 0.3 is 0 Å². The molecule has 8 heteroatoms. The summed E-state index contributed by atoms with van der Waals surface area (Å²) in [6.07, 6.45) is 3.33. The van der Waals surface area contributed by atoms with Gasteiger partial charge < -0.3 is 4.42 Å². The van der Waals surface area contributed by atoms with Gasteiger partial charge in [0.05, 0.1) is 16.9 Å². The van der Waals surface area contributed by atoms with Gasteiger partial charge in [-0.3, -0.25) is 25.3 Å². The van der Waals surface area contributed by atoms with Crippen molar-refractivity contribution in [2.75, 3.05) is 12.0 Å². The Labute approximate surface area is 154 Å². The molecular formula is C17H15N3O3S2. The van der Waals surface area contributed by atoms with Crippen molar-refractivity contribution in [1.82, 2.24) is 10.3 Å². The minimum Gasteiger partial charge on any atom is -0.465 e. The van der Waals surface area contributed by atoms with E-state index in [-0.39, 0.29) is 24.8 Å². The number of anilines is 1. The molecule has 1 aliphatic heterocycles. The lowest BCUT2D eigenvalue weighted by molar-refractivity contribution is -0.123. The van der Waals surface area contributed by atoms with Gasteiger partial charge in [-0.1, -0.05) is 42.2 Å². The van der Waals surface area contributed by atoms with Gasteiger partial charge in [0.15, 0.2) is 0 Å². The van der Waals surface area contributed by atoms with Crippen molar-refractivity contribution in [3.8, 4) is 0 Å². The summed E-state index contributed by atoms with van der Waals surface area (Å²) in [4.78, 5) is 26.2. The van der Waals surface area contributed by atoms with Gasteiger partial charge in [0, 0.05) is 19.0 Å². The van der Waals surface area contributed by atoms with E-state index in [1.807, 2.05) is 30.3 Å². The molecule has 6 nitrogen and oxygen atoms in total. The molecule has 25 heavy (non-hydrogen) atoms. The molecule has 128 valence electrons. The smallest absolute Gasteiger partial charge is 0.266 e. The van der Waals surface area contributed by atoms with Crippen LogP contribution in [0.5, 0.6) is 0 Å². The Balaban J connectivity index is 1.51. The number of hydrazine groups is 1. The third-order valence-corrected chi connectivity index (χ3v) is 4.75. The molecule has 1 aromatic heterocycles. The summed E-state index contributed by atoms with van der Waals surface area (Å²) in [7, 11) is 0. The molecule has 0 aliphatic carbocycles. The van der Waals surface area contributed by atoms with Crippen LogP contribution in [0.4, 0.5) is 5.69 Å². The average Bonchev–Trinajstić information content (AvgIpc) is 3.22. The van der Waals surface area contributed by atoms with Crippen LogP contribution in [0.15, 0.2) is 58.1 Å². The van der Waals surface area contributed by atoms with Crippen molar-refractivity contribution in [2.45, 2.75) is 6.42 Å². The van der Waals surface area contributed by atoms with E-state index in [2.05, 4.69) is 10.9 Å². The zero-order valence-electron chi connectivity index (χ0n) is 13.1. The van der Waals surface area contributed by atoms with Crippen LogP contribution in [0.2, 0.25) is 0 Å². The Hall–Kier alpha value is -2.58. The number of carbonyl (C=O) groups is 2. The van der Waals surface area contributed by atoms with Gasteiger partial charge in [-0.25, -0.2) is 0 Å². The maximum atomic E-state index is 12.4. The van der Waals surface area contributed by atoms with Crippen LogP contribution >= 0.6 is 24.0 Å². The van der Waals surface area contributed by atoms with Gasteiger partial charge in [-0.05, 0) is 24.3 Å². The number of rotatable bonds is 6. The predicted octanol–water partition coefficient (Wildman–Crippen LogP) is 3.01. The molecule has 3 rings (SSSR count). The fourth-order valence-corrected chi connectivity index (χ4v) is 3.42. The van der Waals surface area contributed by atoms with E-state index in [0.717, 1.165) is 5.69 Å². The van der Waals surface area contributed by atoms with E-state index in [0.29, 0.717) is 15.0 Å². The lowest BCUT2D eigenvalue weighted by Gasteiger charge is -2.14. The first-order valence-corrected chi connectivity index (χ1v) is 8.75. The third-order valence-electron chi connectivity index (χ3n) is 3.37. The number of thioether (sulfide) groups is 1. The maximum absolute atomic E-state index is 12.4. The molecular weight excluding hydrogens is 358 g/mol. The van der Waals surface area contributed by atoms with Crippen LogP contribution in [0.25, 0.3) is 6.08 Å². The van der Waals surface area contributed by atoms with Crippen LogP contribution in [0.3, 0.4) is 0 Å². The number of hydrogen-bond acceptors (Lipinski definition) is 6. The highest BCUT2D eigenvalue weighted by Crippen LogP contribution is 2.32. The first kappa shape index (κ1) is 17.2. The number of hydrogen-bond donors (Lipinski definition) is 2. The number of para-hydroxylation sites is 1. The fraction of sp³-hybridized carbons (Fsp3) is 0.118. The van der Waals surface area contributed by atoms with E-state index >= 15 is 0 Å². The monoisotopic (exact) mass is 373 g/mol. The number of furan rings is 1. The minimum atomic E-state index is -0.229. The Morgan fingerprint density at radius 1 is 1.24 bits per heavy atom. The van der Waals surface area contributed by atoms with Crippen LogP contribution in [-0.4, -0.2) is 27.6 Å². The van der Waals surface area contributed by atoms with E-state index in [1.54, 1.807) is 18.2 Å². The Morgan fingerprint density at radius 2 is 2.04 bits per heavy atom. The molecule has 0 bridgehead atoms. The van der Waals surface area contributed by atoms with Crippen LogP contribution in [0, 0.1) is 0 Å². The van der Waals surface area contributed by atoms with Crippen molar-refractivity contribution in [3.05, 3.63) is 59.4 Å². The number of nitrogens with one attached hydrogen (secondary N) is 2. The highest BCUT2D eigenvalue weighted by atomic mass is 32.2. The van der Waals surface area contributed by atoms with E-state index in [4.69, 9.17) is 16.6 Å². The van der Waals surface area contributed by atoms with Gasteiger partial charge in [0.2, 0.25) is 5.91 Å². The molecule has 1 aromatic carbocycles. The van der Waals surface area contributed by atoms with Crippen LogP contribution in [0.1, 0.15) is 12.2 Å². The third kappa shape index (κ3) is 4.49. The second-order valence-corrected chi connectivity index (χ2v) is 6.81. The van der Waals surface area contributed by atoms with Crippen molar-refractivity contribution in [2.24, 2.45) is 0 Å². The van der Waals surface area contributed by atoms with Gasteiger partial charge in [0.25, 0.3) is 5.91 Å². The topological polar surface area (TPSA) is 74.6 Å². The van der Waals surface area contributed by atoms with Crippen molar-refractivity contribution in [1.29, 1.82) is 0 Å².